The topological polar surface area (TPSA) is 87.6 Å². The van der Waals surface area contributed by atoms with Crippen molar-refractivity contribution < 1.29 is 19.5 Å². The molecule has 0 aromatic carbocycles. The third-order valence-corrected chi connectivity index (χ3v) is 3.44. The quantitative estimate of drug-likeness (QED) is 0.818. The molecule has 100 valence electrons. The van der Waals surface area contributed by atoms with E-state index in [4.69, 9.17) is 5.11 Å². The van der Waals surface area contributed by atoms with Crippen molar-refractivity contribution in [2.45, 2.75) is 20.4 Å². The monoisotopic (exact) mass is 262 g/mol. The molecular weight excluding hydrogens is 248 g/mol. The Bertz CT molecular complexity index is 535. The molecule has 6 nitrogen and oxygen atoms in total. The Morgan fingerprint density at radius 1 is 1.32 bits per heavy atom. The molecular formula is C13H14N2O4. The van der Waals surface area contributed by atoms with Gasteiger partial charge < -0.3 is 5.11 Å². The second-order valence-electron chi connectivity index (χ2n) is 4.68. The van der Waals surface area contributed by atoms with Crippen LogP contribution in [-0.4, -0.2) is 32.8 Å². The summed E-state index contributed by atoms with van der Waals surface area (Å²) in [4.78, 5) is 39.8. The van der Waals surface area contributed by atoms with Crippen LogP contribution in [0.25, 0.3) is 0 Å². The van der Waals surface area contributed by atoms with Gasteiger partial charge in [-0.15, -0.1) is 0 Å². The number of nitrogens with zero attached hydrogens (tertiary/aromatic N) is 2. The highest BCUT2D eigenvalue weighted by Gasteiger charge is 2.42. The maximum atomic E-state index is 11.9. The number of carboxylic acids is 1. The predicted molar refractivity (Wildman–Crippen MR) is 65.1 cm³/mol. The van der Waals surface area contributed by atoms with Gasteiger partial charge in [-0.2, -0.15) is 0 Å². The summed E-state index contributed by atoms with van der Waals surface area (Å²) >= 11 is 0. The minimum atomic E-state index is -1.07. The summed E-state index contributed by atoms with van der Waals surface area (Å²) in [5.41, 5.74) is 0.480. The first-order valence-electron chi connectivity index (χ1n) is 5.95. The van der Waals surface area contributed by atoms with Gasteiger partial charge in [0, 0.05) is 18.0 Å². The first-order valence-corrected chi connectivity index (χ1v) is 5.95. The lowest BCUT2D eigenvalue weighted by atomic mass is 10.00. The lowest BCUT2D eigenvalue weighted by Gasteiger charge is -2.14. The molecule has 0 saturated carbocycles. The van der Waals surface area contributed by atoms with Gasteiger partial charge >= 0.3 is 5.97 Å². The third kappa shape index (κ3) is 2.33. The van der Waals surface area contributed by atoms with E-state index in [2.05, 4.69) is 4.98 Å². The molecule has 1 fully saturated rings. The van der Waals surface area contributed by atoms with E-state index in [0.717, 1.165) is 4.90 Å². The zero-order chi connectivity index (χ0) is 14.2. The number of hydrogen-bond acceptors (Lipinski definition) is 4. The average Bonchev–Trinajstić information content (AvgIpc) is 2.57. The van der Waals surface area contributed by atoms with Crippen LogP contribution >= 0.6 is 0 Å². The van der Waals surface area contributed by atoms with E-state index in [1.165, 1.54) is 18.3 Å². The molecule has 0 radical (unpaired) electrons. The molecule has 2 rings (SSSR count). The summed E-state index contributed by atoms with van der Waals surface area (Å²) in [5, 5.41) is 8.88. The van der Waals surface area contributed by atoms with Crippen LogP contribution < -0.4 is 0 Å². The van der Waals surface area contributed by atoms with Crippen molar-refractivity contribution >= 4 is 17.8 Å². The number of hydrogen-bond donors (Lipinski definition) is 1. The number of pyridine rings is 1. The van der Waals surface area contributed by atoms with Crippen LogP contribution in [-0.2, 0) is 16.1 Å². The van der Waals surface area contributed by atoms with E-state index >= 15 is 0 Å². The van der Waals surface area contributed by atoms with Crippen LogP contribution in [0.15, 0.2) is 18.3 Å². The maximum absolute atomic E-state index is 11.9. The number of rotatable bonds is 3. The highest BCUT2D eigenvalue weighted by Crippen LogP contribution is 2.26. The molecule has 1 aliphatic rings. The molecule has 19 heavy (non-hydrogen) atoms. The van der Waals surface area contributed by atoms with Gasteiger partial charge in [-0.25, -0.2) is 4.79 Å². The number of carboxylic acid groups (broad SMARTS) is 1. The van der Waals surface area contributed by atoms with Gasteiger partial charge in [0.15, 0.2) is 0 Å². The van der Waals surface area contributed by atoms with Crippen molar-refractivity contribution in [1.29, 1.82) is 0 Å². The van der Waals surface area contributed by atoms with Crippen LogP contribution in [0.3, 0.4) is 0 Å². The number of likely N-dealkylation sites (tertiary alicyclic amines) is 1. The summed E-state index contributed by atoms with van der Waals surface area (Å²) in [7, 11) is 0. The molecule has 1 saturated heterocycles. The summed E-state index contributed by atoms with van der Waals surface area (Å²) < 4.78 is 0. The Morgan fingerprint density at radius 2 is 1.89 bits per heavy atom. The van der Waals surface area contributed by atoms with Gasteiger partial charge in [0.1, 0.15) is 0 Å². The zero-order valence-corrected chi connectivity index (χ0v) is 10.7. The van der Waals surface area contributed by atoms with Gasteiger partial charge in [0.2, 0.25) is 11.8 Å². The molecule has 0 spiro atoms. The summed E-state index contributed by atoms with van der Waals surface area (Å²) in [6.45, 7) is 3.45. The molecule has 1 N–H and O–H groups in total. The van der Waals surface area contributed by atoms with Crippen molar-refractivity contribution in [3.8, 4) is 0 Å². The molecule has 2 heterocycles. The normalized spacial score (nSPS) is 22.9. The largest absolute Gasteiger partial charge is 0.478 e. The summed E-state index contributed by atoms with van der Waals surface area (Å²) in [6, 6.07) is 2.74. The standard InChI is InChI=1S/C13H14N2O4/c1-7-8(2)12(17)15(11(7)16)6-10-5-9(13(18)19)3-4-14-10/h3-5,7-8H,6H2,1-2H3,(H,18,19). The fourth-order valence-corrected chi connectivity index (χ4v) is 2.04. The van der Waals surface area contributed by atoms with Gasteiger partial charge in [0.25, 0.3) is 0 Å². The van der Waals surface area contributed by atoms with E-state index in [0.29, 0.717) is 5.69 Å². The van der Waals surface area contributed by atoms with E-state index in [-0.39, 0.29) is 35.8 Å². The number of aromatic nitrogens is 1. The van der Waals surface area contributed by atoms with Crippen molar-refractivity contribution in [2.75, 3.05) is 0 Å². The summed E-state index contributed by atoms with van der Waals surface area (Å²) in [5.74, 6) is -2.21. The van der Waals surface area contributed by atoms with Crippen molar-refractivity contribution in [3.05, 3.63) is 29.6 Å². The third-order valence-electron chi connectivity index (χ3n) is 3.44. The van der Waals surface area contributed by atoms with Crippen molar-refractivity contribution in [3.63, 3.8) is 0 Å². The van der Waals surface area contributed by atoms with Crippen LogP contribution in [0, 0.1) is 11.8 Å². The van der Waals surface area contributed by atoms with Crippen LogP contribution in [0.5, 0.6) is 0 Å². The predicted octanol–water partition coefficient (Wildman–Crippen LogP) is 0.921. The Kier molecular flexibility index (Phi) is 3.33. The Hall–Kier alpha value is -2.24. The minimum Gasteiger partial charge on any atom is -0.478 e. The molecule has 2 atom stereocenters. The number of amides is 2. The van der Waals surface area contributed by atoms with Crippen LogP contribution in [0.1, 0.15) is 29.9 Å². The zero-order valence-electron chi connectivity index (χ0n) is 10.7. The van der Waals surface area contributed by atoms with Crippen LogP contribution in [0.4, 0.5) is 0 Å². The highest BCUT2D eigenvalue weighted by molar-refractivity contribution is 6.04. The molecule has 1 aromatic heterocycles. The van der Waals surface area contributed by atoms with Crippen LogP contribution in [0.2, 0.25) is 0 Å². The Morgan fingerprint density at radius 3 is 2.42 bits per heavy atom. The number of carbonyl (C=O) groups excluding carboxylic acids is 2. The second-order valence-corrected chi connectivity index (χ2v) is 4.68. The van der Waals surface area contributed by atoms with E-state index in [1.807, 2.05) is 0 Å². The van der Waals surface area contributed by atoms with Gasteiger partial charge in [0.05, 0.1) is 17.8 Å². The Labute approximate surface area is 110 Å². The molecule has 6 heteroatoms. The van der Waals surface area contributed by atoms with Gasteiger partial charge in [-0.3, -0.25) is 19.5 Å². The number of carbonyl (C=O) groups is 3. The molecule has 2 amide bonds. The molecule has 0 bridgehead atoms. The van der Waals surface area contributed by atoms with Crippen molar-refractivity contribution in [2.24, 2.45) is 11.8 Å². The lowest BCUT2D eigenvalue weighted by Crippen LogP contribution is -2.30. The fraction of sp³-hybridized carbons (Fsp3) is 0.385. The number of imide groups is 1. The smallest absolute Gasteiger partial charge is 0.335 e. The SMILES string of the molecule is CC1C(=O)N(Cc2cc(C(=O)O)ccn2)C(=O)C1C. The highest BCUT2D eigenvalue weighted by atomic mass is 16.4. The average molecular weight is 262 g/mol. The first-order chi connectivity index (χ1) is 8.91. The number of aromatic carboxylic acids is 1. The Balaban J connectivity index is 2.22. The van der Waals surface area contributed by atoms with Gasteiger partial charge in [-0.05, 0) is 12.1 Å². The first kappa shape index (κ1) is 13.2. The maximum Gasteiger partial charge on any atom is 0.335 e. The molecule has 0 aliphatic carbocycles. The molecule has 1 aromatic rings. The van der Waals surface area contributed by atoms with E-state index in [1.54, 1.807) is 13.8 Å². The summed E-state index contributed by atoms with van der Waals surface area (Å²) in [6.07, 6.45) is 1.36. The minimum absolute atomic E-state index is 0.0213. The molecule has 2 unspecified atom stereocenters. The lowest BCUT2D eigenvalue weighted by molar-refractivity contribution is -0.140. The fourth-order valence-electron chi connectivity index (χ4n) is 2.04. The van der Waals surface area contributed by atoms with E-state index in [9.17, 15) is 14.4 Å². The van der Waals surface area contributed by atoms with Crippen molar-refractivity contribution in [1.82, 2.24) is 9.88 Å². The molecule has 1 aliphatic heterocycles. The second kappa shape index (κ2) is 4.79. The van der Waals surface area contributed by atoms with E-state index < -0.39 is 5.97 Å². The van der Waals surface area contributed by atoms with Gasteiger partial charge in [-0.1, -0.05) is 13.8 Å².